The van der Waals surface area contributed by atoms with E-state index in [2.05, 4.69) is 0 Å². The normalized spacial score (nSPS) is 14.0. The Hall–Kier alpha value is -2.92. The third-order valence-corrected chi connectivity index (χ3v) is 4.98. The standard InChI is InChI=1S/C21H19O6P/c22-21(23)18-11-13-19(14-12-18)26-28(24,25)27-20(17-9-5-2-6-10-17)15-16-7-3-1-4-8-16/h1-14,20H,15H2,(H,22,23)(H,24,25). The first-order chi connectivity index (χ1) is 13.4. The van der Waals surface area contributed by atoms with Crippen molar-refractivity contribution in [2.45, 2.75) is 12.5 Å². The zero-order chi connectivity index (χ0) is 20.0. The van der Waals surface area contributed by atoms with E-state index in [-0.39, 0.29) is 11.3 Å². The van der Waals surface area contributed by atoms with E-state index in [9.17, 15) is 14.3 Å². The molecule has 3 rings (SSSR count). The molecule has 0 aromatic heterocycles. The van der Waals surface area contributed by atoms with Gasteiger partial charge in [-0.25, -0.2) is 9.36 Å². The summed E-state index contributed by atoms with van der Waals surface area (Å²) in [4.78, 5) is 21.2. The summed E-state index contributed by atoms with van der Waals surface area (Å²) in [6.07, 6.45) is -0.311. The third kappa shape index (κ3) is 5.54. The molecule has 0 saturated heterocycles. The van der Waals surface area contributed by atoms with Crippen LogP contribution in [-0.4, -0.2) is 16.0 Å². The van der Waals surface area contributed by atoms with Gasteiger partial charge in [0.2, 0.25) is 0 Å². The van der Waals surface area contributed by atoms with Crippen molar-refractivity contribution in [2.75, 3.05) is 0 Å². The van der Waals surface area contributed by atoms with Crippen LogP contribution in [0.2, 0.25) is 0 Å². The van der Waals surface area contributed by atoms with Gasteiger partial charge in [0.05, 0.1) is 11.7 Å². The first kappa shape index (κ1) is 19.8. The van der Waals surface area contributed by atoms with Crippen LogP contribution >= 0.6 is 7.82 Å². The van der Waals surface area contributed by atoms with Gasteiger partial charge in [-0.05, 0) is 35.4 Å². The van der Waals surface area contributed by atoms with Crippen LogP contribution in [0.1, 0.15) is 27.6 Å². The molecule has 3 aromatic rings. The van der Waals surface area contributed by atoms with Crippen molar-refractivity contribution >= 4 is 13.8 Å². The van der Waals surface area contributed by atoms with Crippen molar-refractivity contribution in [1.82, 2.24) is 0 Å². The van der Waals surface area contributed by atoms with E-state index < -0.39 is 19.9 Å². The smallest absolute Gasteiger partial charge is 0.478 e. The summed E-state index contributed by atoms with van der Waals surface area (Å²) in [5.41, 5.74) is 1.74. The molecule has 0 aliphatic carbocycles. The maximum Gasteiger partial charge on any atom is 0.528 e. The SMILES string of the molecule is O=C(O)c1ccc(OP(=O)(O)OC(Cc2ccccc2)c2ccccc2)cc1. The molecule has 0 saturated carbocycles. The van der Waals surface area contributed by atoms with Gasteiger partial charge in [0.1, 0.15) is 5.75 Å². The maximum atomic E-state index is 12.6. The molecule has 28 heavy (non-hydrogen) atoms. The summed E-state index contributed by atoms with van der Waals surface area (Å²) in [6.45, 7) is 0. The Morgan fingerprint density at radius 3 is 2.04 bits per heavy atom. The Kier molecular flexibility index (Phi) is 6.26. The number of phosphoric acid groups is 1. The minimum atomic E-state index is -4.46. The number of hydrogen-bond donors (Lipinski definition) is 2. The topological polar surface area (TPSA) is 93.1 Å². The molecule has 0 amide bonds. The highest BCUT2D eigenvalue weighted by Gasteiger charge is 2.29. The summed E-state index contributed by atoms with van der Waals surface area (Å²) < 4.78 is 23.2. The molecule has 2 atom stereocenters. The molecule has 0 heterocycles. The van der Waals surface area contributed by atoms with Gasteiger partial charge in [-0.3, -0.25) is 9.42 Å². The van der Waals surface area contributed by atoms with Crippen LogP contribution in [-0.2, 0) is 15.5 Å². The van der Waals surface area contributed by atoms with Gasteiger partial charge in [0.25, 0.3) is 0 Å². The molecular weight excluding hydrogens is 379 g/mol. The zero-order valence-corrected chi connectivity index (χ0v) is 15.7. The number of phosphoric ester groups is 1. The van der Waals surface area contributed by atoms with Gasteiger partial charge < -0.3 is 9.63 Å². The molecular formula is C21H19O6P. The molecule has 0 bridgehead atoms. The molecule has 2 N–H and O–H groups in total. The molecule has 2 unspecified atom stereocenters. The van der Waals surface area contributed by atoms with Crippen LogP contribution < -0.4 is 4.52 Å². The lowest BCUT2D eigenvalue weighted by atomic mass is 10.0. The summed E-state index contributed by atoms with van der Waals surface area (Å²) >= 11 is 0. The van der Waals surface area contributed by atoms with Crippen LogP contribution in [0.3, 0.4) is 0 Å². The van der Waals surface area contributed by atoms with Crippen molar-refractivity contribution in [3.8, 4) is 5.75 Å². The van der Waals surface area contributed by atoms with E-state index in [1.807, 2.05) is 60.7 Å². The quantitative estimate of drug-likeness (QED) is 0.526. The van der Waals surface area contributed by atoms with Crippen molar-refractivity contribution in [1.29, 1.82) is 0 Å². The Morgan fingerprint density at radius 2 is 1.46 bits per heavy atom. The summed E-state index contributed by atoms with van der Waals surface area (Å²) in [6, 6.07) is 23.8. The Bertz CT molecular complexity index is 957. The van der Waals surface area contributed by atoms with E-state index in [1.165, 1.54) is 24.3 Å². The maximum absolute atomic E-state index is 12.6. The summed E-state index contributed by atoms with van der Waals surface area (Å²) in [5, 5.41) is 8.92. The number of carboxylic acid groups (broad SMARTS) is 1. The Balaban J connectivity index is 1.78. The summed E-state index contributed by atoms with van der Waals surface area (Å²) in [7, 11) is -4.46. The lowest BCUT2D eigenvalue weighted by molar-refractivity contribution is 0.0697. The van der Waals surface area contributed by atoms with Gasteiger partial charge >= 0.3 is 13.8 Å². The second kappa shape index (κ2) is 8.85. The first-order valence-corrected chi connectivity index (χ1v) is 10.1. The van der Waals surface area contributed by atoms with Crippen molar-refractivity contribution in [3.63, 3.8) is 0 Å². The summed E-state index contributed by atoms with van der Waals surface area (Å²) in [5.74, 6) is -1.05. The number of rotatable bonds is 8. The average Bonchev–Trinajstić information content (AvgIpc) is 2.69. The fourth-order valence-corrected chi connectivity index (χ4v) is 3.63. The molecule has 0 fully saturated rings. The number of aromatic carboxylic acids is 1. The molecule has 0 aliphatic rings. The molecule has 0 radical (unpaired) electrons. The third-order valence-electron chi connectivity index (χ3n) is 4.02. The van der Waals surface area contributed by atoms with E-state index in [0.29, 0.717) is 6.42 Å². The van der Waals surface area contributed by atoms with Gasteiger partial charge in [-0.2, -0.15) is 0 Å². The number of carbonyl (C=O) groups is 1. The van der Waals surface area contributed by atoms with Crippen molar-refractivity contribution in [3.05, 3.63) is 102 Å². The lowest BCUT2D eigenvalue weighted by Crippen LogP contribution is -2.09. The van der Waals surface area contributed by atoms with Gasteiger partial charge in [0, 0.05) is 6.42 Å². The minimum absolute atomic E-state index is 0.0438. The number of benzene rings is 3. The Labute approximate surface area is 162 Å². The average molecular weight is 398 g/mol. The predicted octanol–water partition coefficient (Wildman–Crippen LogP) is 4.86. The number of hydrogen-bond acceptors (Lipinski definition) is 4. The first-order valence-electron chi connectivity index (χ1n) is 8.56. The highest BCUT2D eigenvalue weighted by Crippen LogP contribution is 2.48. The number of carboxylic acids is 1. The minimum Gasteiger partial charge on any atom is -0.478 e. The van der Waals surface area contributed by atoms with E-state index in [4.69, 9.17) is 14.2 Å². The second-order valence-electron chi connectivity index (χ2n) is 6.08. The molecule has 0 aliphatic heterocycles. The molecule has 3 aromatic carbocycles. The highest BCUT2D eigenvalue weighted by molar-refractivity contribution is 7.47. The van der Waals surface area contributed by atoms with Crippen LogP contribution in [0, 0.1) is 0 Å². The fraction of sp³-hybridized carbons (Fsp3) is 0.0952. The van der Waals surface area contributed by atoms with Crippen LogP contribution in [0.5, 0.6) is 5.75 Å². The second-order valence-corrected chi connectivity index (χ2v) is 7.41. The van der Waals surface area contributed by atoms with Gasteiger partial charge in [0.15, 0.2) is 0 Å². The van der Waals surface area contributed by atoms with E-state index >= 15 is 0 Å². The van der Waals surface area contributed by atoms with E-state index in [0.717, 1.165) is 11.1 Å². The lowest BCUT2D eigenvalue weighted by Gasteiger charge is -2.21. The van der Waals surface area contributed by atoms with Crippen LogP contribution in [0.25, 0.3) is 0 Å². The van der Waals surface area contributed by atoms with E-state index in [1.54, 1.807) is 0 Å². The molecule has 6 nitrogen and oxygen atoms in total. The predicted molar refractivity (Wildman–Crippen MR) is 104 cm³/mol. The van der Waals surface area contributed by atoms with Gasteiger partial charge in [-0.1, -0.05) is 60.7 Å². The zero-order valence-electron chi connectivity index (χ0n) is 14.8. The Morgan fingerprint density at radius 1 is 0.893 bits per heavy atom. The van der Waals surface area contributed by atoms with Gasteiger partial charge in [-0.15, -0.1) is 0 Å². The molecule has 0 spiro atoms. The molecule has 144 valence electrons. The fourth-order valence-electron chi connectivity index (χ4n) is 2.69. The van der Waals surface area contributed by atoms with Crippen LogP contribution in [0.15, 0.2) is 84.9 Å². The molecule has 7 heteroatoms. The van der Waals surface area contributed by atoms with Crippen molar-refractivity contribution in [2.24, 2.45) is 0 Å². The monoisotopic (exact) mass is 398 g/mol. The largest absolute Gasteiger partial charge is 0.528 e. The van der Waals surface area contributed by atoms with Crippen molar-refractivity contribution < 1.29 is 28.4 Å². The highest BCUT2D eigenvalue weighted by atomic mass is 31.2. The van der Waals surface area contributed by atoms with Crippen LogP contribution in [0.4, 0.5) is 0 Å².